The molecule has 5 rings (SSSR count). The standard InChI is InChI=1S/C35H46N6O9/c1-3-4-18-49-35(48)40-16-14-39(15-17-40)34(47)25(11-12-31(43)44)38-32(45)27-20-29(24-10-7-22(2)19-26(24)37-27)50-21-30(42)41-13-5-6-28(41)33(46)36-23-8-9-23/h7,10,19-20,23,25,28H,3-6,8-9,11-18,21H2,1-2H3,(H,36,46)(H,38,45)(H,43,44). The quantitative estimate of drug-likeness (QED) is 0.248. The van der Waals surface area contributed by atoms with E-state index in [1.165, 1.54) is 20.8 Å². The van der Waals surface area contributed by atoms with Gasteiger partial charge in [0.05, 0.1) is 12.1 Å². The van der Waals surface area contributed by atoms with E-state index in [-0.39, 0.29) is 74.9 Å². The van der Waals surface area contributed by atoms with Crippen molar-refractivity contribution in [3.05, 3.63) is 35.5 Å². The second-order valence-electron chi connectivity index (χ2n) is 13.1. The lowest BCUT2D eigenvalue weighted by Gasteiger charge is -2.36. The number of amides is 5. The number of unbranched alkanes of at least 4 members (excludes halogenated alkanes) is 1. The van der Waals surface area contributed by atoms with E-state index >= 15 is 0 Å². The molecule has 0 radical (unpaired) electrons. The average Bonchev–Trinajstić information content (AvgIpc) is 3.78. The molecule has 0 bridgehead atoms. The number of aliphatic carboxylic acids is 1. The highest BCUT2D eigenvalue weighted by Crippen LogP contribution is 2.28. The van der Waals surface area contributed by atoms with Crippen molar-refractivity contribution in [3.8, 4) is 5.75 Å². The van der Waals surface area contributed by atoms with Crippen LogP contribution < -0.4 is 15.4 Å². The molecule has 2 unspecified atom stereocenters. The molecule has 0 spiro atoms. The number of nitrogens with zero attached hydrogens (tertiary/aromatic N) is 4. The molecule has 3 fully saturated rings. The number of fused-ring (bicyclic) bond motifs is 1. The van der Waals surface area contributed by atoms with Crippen LogP contribution in [-0.4, -0.2) is 125 Å². The normalized spacial score (nSPS) is 18.0. The van der Waals surface area contributed by atoms with Crippen molar-refractivity contribution in [3.63, 3.8) is 0 Å². The molecule has 2 saturated heterocycles. The number of aryl methyl sites for hydroxylation is 1. The molecule has 50 heavy (non-hydrogen) atoms. The van der Waals surface area contributed by atoms with Crippen LogP contribution in [0.5, 0.6) is 5.75 Å². The van der Waals surface area contributed by atoms with Crippen LogP contribution in [-0.2, 0) is 23.9 Å². The average molecular weight is 695 g/mol. The fraction of sp³-hybridized carbons (Fsp3) is 0.571. The molecule has 5 amide bonds. The first-order valence-corrected chi connectivity index (χ1v) is 17.4. The van der Waals surface area contributed by atoms with Crippen LogP contribution in [0.4, 0.5) is 4.79 Å². The number of ether oxygens (including phenoxy) is 2. The summed E-state index contributed by atoms with van der Waals surface area (Å²) in [4.78, 5) is 86.1. The van der Waals surface area contributed by atoms with E-state index in [9.17, 15) is 33.9 Å². The number of carboxylic acid groups (broad SMARTS) is 1. The second-order valence-corrected chi connectivity index (χ2v) is 13.1. The molecule has 15 heteroatoms. The van der Waals surface area contributed by atoms with Gasteiger partial charge < -0.3 is 39.9 Å². The zero-order valence-electron chi connectivity index (χ0n) is 28.7. The van der Waals surface area contributed by atoms with E-state index in [2.05, 4.69) is 15.6 Å². The number of hydrogen-bond acceptors (Lipinski definition) is 9. The summed E-state index contributed by atoms with van der Waals surface area (Å²) in [6.07, 6.45) is 3.86. The Morgan fingerprint density at radius 1 is 1.00 bits per heavy atom. The third-order valence-electron chi connectivity index (χ3n) is 9.13. The maximum absolute atomic E-state index is 13.7. The van der Waals surface area contributed by atoms with Gasteiger partial charge in [0.25, 0.3) is 11.8 Å². The summed E-state index contributed by atoms with van der Waals surface area (Å²) in [5.74, 6) is -2.59. The van der Waals surface area contributed by atoms with Crippen LogP contribution in [0.15, 0.2) is 24.3 Å². The highest BCUT2D eigenvalue weighted by molar-refractivity contribution is 5.99. The molecular weight excluding hydrogens is 648 g/mol. The Morgan fingerprint density at radius 2 is 1.74 bits per heavy atom. The van der Waals surface area contributed by atoms with Crippen molar-refractivity contribution in [2.75, 3.05) is 45.9 Å². The zero-order valence-corrected chi connectivity index (χ0v) is 28.7. The first-order chi connectivity index (χ1) is 24.0. The third-order valence-corrected chi connectivity index (χ3v) is 9.13. The summed E-state index contributed by atoms with van der Waals surface area (Å²) >= 11 is 0. The Balaban J connectivity index is 1.27. The van der Waals surface area contributed by atoms with Crippen molar-refractivity contribution < 1.29 is 43.3 Å². The van der Waals surface area contributed by atoms with E-state index in [4.69, 9.17) is 9.47 Å². The van der Waals surface area contributed by atoms with E-state index in [0.29, 0.717) is 36.9 Å². The topological polar surface area (TPSA) is 188 Å². The van der Waals surface area contributed by atoms with Crippen molar-refractivity contribution in [1.29, 1.82) is 0 Å². The second kappa shape index (κ2) is 16.6. The SMILES string of the molecule is CCCCOC(=O)N1CCN(C(=O)C(CCC(=O)O)NC(=O)c2cc(OCC(=O)N3CCCC3C(=O)NC3CC3)c3ccc(C)cc3n2)CC1. The number of benzene rings is 1. The van der Waals surface area contributed by atoms with Crippen LogP contribution >= 0.6 is 0 Å². The molecule has 1 aromatic heterocycles. The number of nitrogens with one attached hydrogen (secondary N) is 2. The molecular formula is C35H46N6O9. The molecule has 2 atom stereocenters. The number of aromatic nitrogens is 1. The van der Waals surface area contributed by atoms with Gasteiger partial charge in [0.2, 0.25) is 11.8 Å². The third kappa shape index (κ3) is 9.39. The zero-order chi connectivity index (χ0) is 35.8. The number of pyridine rings is 1. The Bertz CT molecular complexity index is 1600. The fourth-order valence-corrected chi connectivity index (χ4v) is 6.11. The van der Waals surface area contributed by atoms with Crippen molar-refractivity contribution in [2.24, 2.45) is 0 Å². The number of carboxylic acids is 1. The number of piperazine rings is 1. The highest BCUT2D eigenvalue weighted by atomic mass is 16.6. The van der Waals surface area contributed by atoms with Crippen LogP contribution in [0.3, 0.4) is 0 Å². The predicted molar refractivity (Wildman–Crippen MR) is 180 cm³/mol. The van der Waals surface area contributed by atoms with Gasteiger partial charge in [0.1, 0.15) is 23.5 Å². The van der Waals surface area contributed by atoms with Gasteiger partial charge in [0, 0.05) is 56.6 Å². The van der Waals surface area contributed by atoms with Crippen molar-refractivity contribution >= 4 is 46.6 Å². The summed E-state index contributed by atoms with van der Waals surface area (Å²) in [5.41, 5.74) is 1.22. The van der Waals surface area contributed by atoms with E-state index in [1.54, 1.807) is 12.1 Å². The lowest BCUT2D eigenvalue weighted by atomic mass is 10.1. The Kier molecular flexibility index (Phi) is 12.1. The Labute approximate surface area is 290 Å². The molecule has 3 heterocycles. The van der Waals surface area contributed by atoms with E-state index in [1.807, 2.05) is 19.9 Å². The van der Waals surface area contributed by atoms with Crippen molar-refractivity contribution in [2.45, 2.75) is 83.3 Å². The molecule has 3 N–H and O–H groups in total. The van der Waals surface area contributed by atoms with Gasteiger partial charge in [-0.3, -0.25) is 24.0 Å². The van der Waals surface area contributed by atoms with E-state index < -0.39 is 36.0 Å². The molecule has 2 aliphatic heterocycles. The van der Waals surface area contributed by atoms with Crippen molar-refractivity contribution in [1.82, 2.24) is 30.3 Å². The largest absolute Gasteiger partial charge is 0.483 e. The summed E-state index contributed by atoms with van der Waals surface area (Å²) in [6, 6.07) is 5.25. The first-order valence-electron chi connectivity index (χ1n) is 17.4. The van der Waals surface area contributed by atoms with Gasteiger partial charge >= 0.3 is 12.1 Å². The minimum absolute atomic E-state index is 0.0822. The molecule has 15 nitrogen and oxygen atoms in total. The van der Waals surface area contributed by atoms with Gasteiger partial charge in [-0.25, -0.2) is 9.78 Å². The minimum atomic E-state index is -1.17. The summed E-state index contributed by atoms with van der Waals surface area (Å²) in [7, 11) is 0. The smallest absolute Gasteiger partial charge is 0.409 e. The van der Waals surface area contributed by atoms with Gasteiger partial charge in [-0.2, -0.15) is 0 Å². The van der Waals surface area contributed by atoms with Gasteiger partial charge in [0.15, 0.2) is 6.61 Å². The number of carbonyl (C=O) groups is 6. The molecule has 1 aliphatic carbocycles. The number of hydrogen-bond donors (Lipinski definition) is 3. The summed E-state index contributed by atoms with van der Waals surface area (Å²) in [5, 5.41) is 15.6. The lowest BCUT2D eigenvalue weighted by Crippen LogP contribution is -2.56. The van der Waals surface area contributed by atoms with Crippen LogP contribution in [0.2, 0.25) is 0 Å². The molecule has 270 valence electrons. The fourth-order valence-electron chi connectivity index (χ4n) is 6.11. The Morgan fingerprint density at radius 3 is 2.44 bits per heavy atom. The minimum Gasteiger partial charge on any atom is -0.483 e. The molecule has 2 aromatic rings. The maximum Gasteiger partial charge on any atom is 0.409 e. The van der Waals surface area contributed by atoms with Crippen LogP contribution in [0.1, 0.15) is 74.3 Å². The van der Waals surface area contributed by atoms with E-state index in [0.717, 1.165) is 31.2 Å². The van der Waals surface area contributed by atoms with Crippen LogP contribution in [0.25, 0.3) is 10.9 Å². The maximum atomic E-state index is 13.7. The number of likely N-dealkylation sites (tertiary alicyclic amines) is 1. The number of rotatable bonds is 14. The molecule has 1 aromatic carbocycles. The first kappa shape index (κ1) is 36.3. The monoisotopic (exact) mass is 694 g/mol. The lowest BCUT2D eigenvalue weighted by molar-refractivity contribution is -0.140. The Hall–Kier alpha value is -4.95. The van der Waals surface area contributed by atoms with Gasteiger partial charge in [-0.1, -0.05) is 19.4 Å². The highest BCUT2D eigenvalue weighted by Gasteiger charge is 2.37. The predicted octanol–water partition coefficient (Wildman–Crippen LogP) is 2.24. The summed E-state index contributed by atoms with van der Waals surface area (Å²) < 4.78 is 11.3. The molecule has 3 aliphatic rings. The van der Waals surface area contributed by atoms with Gasteiger partial charge in [-0.05, 0) is 63.1 Å². The van der Waals surface area contributed by atoms with Crippen LogP contribution in [0, 0.1) is 6.92 Å². The molecule has 1 saturated carbocycles. The summed E-state index contributed by atoms with van der Waals surface area (Å²) in [6.45, 7) is 5.13. The van der Waals surface area contributed by atoms with Gasteiger partial charge in [-0.15, -0.1) is 0 Å². The number of carbonyl (C=O) groups excluding carboxylic acids is 5.